The fraction of sp³-hybridized carbons (Fsp3) is 0.0714. The number of urea groups is 1. The van der Waals surface area contributed by atoms with Gasteiger partial charge in [-0.3, -0.25) is 0 Å². The molecule has 0 atom stereocenters. The predicted octanol–water partition coefficient (Wildman–Crippen LogP) is 3.49. The van der Waals surface area contributed by atoms with Crippen molar-refractivity contribution in [1.82, 2.24) is 4.98 Å². The van der Waals surface area contributed by atoms with Gasteiger partial charge in [-0.2, -0.15) is 0 Å². The number of benzene rings is 1. The Morgan fingerprint density at radius 3 is 2.57 bits per heavy atom. The Kier molecular flexibility index (Phi) is 4.54. The van der Waals surface area contributed by atoms with Crippen molar-refractivity contribution in [3.05, 3.63) is 52.3 Å². The predicted molar refractivity (Wildman–Crippen MR) is 82.7 cm³/mol. The van der Waals surface area contributed by atoms with Gasteiger partial charge < -0.3 is 15.7 Å². The fourth-order valence-corrected chi connectivity index (χ4v) is 1.99. The summed E-state index contributed by atoms with van der Waals surface area (Å²) in [4.78, 5) is 26.3. The lowest BCUT2D eigenvalue weighted by Gasteiger charge is -2.10. The molecule has 0 aliphatic rings. The van der Waals surface area contributed by atoms with E-state index in [1.807, 2.05) is 19.1 Å². The van der Waals surface area contributed by atoms with E-state index in [2.05, 4.69) is 31.5 Å². The van der Waals surface area contributed by atoms with Crippen LogP contribution in [0.25, 0.3) is 0 Å². The molecule has 0 aliphatic carbocycles. The third kappa shape index (κ3) is 3.79. The average Bonchev–Trinajstić information content (AvgIpc) is 2.44. The highest BCUT2D eigenvalue weighted by molar-refractivity contribution is 9.10. The lowest BCUT2D eigenvalue weighted by Crippen LogP contribution is -2.20. The largest absolute Gasteiger partial charge is 0.477 e. The van der Waals surface area contributed by atoms with E-state index in [9.17, 15) is 9.59 Å². The molecule has 0 fully saturated rings. The number of amides is 2. The minimum absolute atomic E-state index is 0.0811. The normalized spacial score (nSPS) is 10.0. The minimum atomic E-state index is -1.12. The standard InChI is InChI=1S/C14H12BrN3O3/c1-8-3-2-4-10(12(8)15)18-14(21)17-9-5-6-11(13(19)20)16-7-9/h2-7H,1H3,(H,19,20)(H2,17,18,21). The highest BCUT2D eigenvalue weighted by atomic mass is 79.9. The van der Waals surface area contributed by atoms with Crippen LogP contribution in [0.1, 0.15) is 16.1 Å². The second-order valence-electron chi connectivity index (χ2n) is 4.25. The number of anilines is 2. The molecule has 0 saturated carbocycles. The molecule has 1 heterocycles. The van der Waals surface area contributed by atoms with Crippen molar-refractivity contribution in [2.45, 2.75) is 6.92 Å². The van der Waals surface area contributed by atoms with Gasteiger partial charge in [0.05, 0.1) is 17.6 Å². The summed E-state index contributed by atoms with van der Waals surface area (Å²) in [5.41, 5.74) is 1.96. The number of aromatic nitrogens is 1. The number of hydrogen-bond donors (Lipinski definition) is 3. The SMILES string of the molecule is Cc1cccc(NC(=O)Nc2ccc(C(=O)O)nc2)c1Br. The fourth-order valence-electron chi connectivity index (χ4n) is 1.62. The summed E-state index contributed by atoms with van der Waals surface area (Å²) < 4.78 is 0.805. The maximum atomic E-state index is 11.9. The summed E-state index contributed by atoms with van der Waals surface area (Å²) in [6.45, 7) is 1.92. The molecular weight excluding hydrogens is 338 g/mol. The van der Waals surface area contributed by atoms with Crippen molar-refractivity contribution in [2.24, 2.45) is 0 Å². The molecule has 3 N–H and O–H groups in total. The first kappa shape index (κ1) is 15.0. The monoisotopic (exact) mass is 349 g/mol. The highest BCUT2D eigenvalue weighted by Crippen LogP contribution is 2.25. The molecule has 0 bridgehead atoms. The van der Waals surface area contributed by atoms with Crippen LogP contribution >= 0.6 is 15.9 Å². The Hall–Kier alpha value is -2.41. The first-order valence-electron chi connectivity index (χ1n) is 6.00. The number of hydrogen-bond acceptors (Lipinski definition) is 3. The van der Waals surface area contributed by atoms with Gasteiger partial charge in [0.25, 0.3) is 0 Å². The van der Waals surface area contributed by atoms with Crippen LogP contribution in [-0.4, -0.2) is 22.1 Å². The molecule has 0 saturated heterocycles. The number of carboxylic acids is 1. The van der Waals surface area contributed by atoms with Crippen LogP contribution in [0.15, 0.2) is 41.0 Å². The number of carboxylic acid groups (broad SMARTS) is 1. The number of rotatable bonds is 3. The number of carbonyl (C=O) groups excluding carboxylic acids is 1. The third-order valence-electron chi connectivity index (χ3n) is 2.68. The lowest BCUT2D eigenvalue weighted by molar-refractivity contribution is 0.0690. The van der Waals surface area contributed by atoms with Gasteiger partial charge in [0.15, 0.2) is 0 Å². The molecule has 1 aromatic heterocycles. The Balaban J connectivity index is 2.04. The van der Waals surface area contributed by atoms with Gasteiger partial charge in [-0.15, -0.1) is 0 Å². The van der Waals surface area contributed by atoms with Gasteiger partial charge in [-0.05, 0) is 46.6 Å². The van der Waals surface area contributed by atoms with Crippen molar-refractivity contribution >= 4 is 39.3 Å². The number of pyridine rings is 1. The van der Waals surface area contributed by atoms with Crippen molar-refractivity contribution in [3.8, 4) is 0 Å². The zero-order chi connectivity index (χ0) is 15.4. The lowest BCUT2D eigenvalue weighted by atomic mass is 10.2. The Bertz CT molecular complexity index is 686. The molecule has 7 heteroatoms. The molecule has 21 heavy (non-hydrogen) atoms. The molecule has 0 unspecified atom stereocenters. The van der Waals surface area contributed by atoms with Crippen LogP contribution in [0.4, 0.5) is 16.2 Å². The molecule has 2 aromatic rings. The van der Waals surface area contributed by atoms with E-state index >= 15 is 0 Å². The summed E-state index contributed by atoms with van der Waals surface area (Å²) >= 11 is 3.40. The summed E-state index contributed by atoms with van der Waals surface area (Å²) in [7, 11) is 0. The average molecular weight is 350 g/mol. The van der Waals surface area contributed by atoms with Crippen molar-refractivity contribution in [2.75, 3.05) is 10.6 Å². The maximum Gasteiger partial charge on any atom is 0.354 e. The van der Waals surface area contributed by atoms with Crippen LogP contribution in [-0.2, 0) is 0 Å². The Labute approximate surface area is 129 Å². The van der Waals surface area contributed by atoms with E-state index in [1.54, 1.807) is 6.07 Å². The number of nitrogens with zero attached hydrogens (tertiary/aromatic N) is 1. The zero-order valence-electron chi connectivity index (χ0n) is 11.1. The minimum Gasteiger partial charge on any atom is -0.477 e. The smallest absolute Gasteiger partial charge is 0.354 e. The molecule has 108 valence electrons. The summed E-state index contributed by atoms with van der Waals surface area (Å²) in [6, 6.07) is 7.87. The number of carbonyl (C=O) groups is 2. The van der Waals surface area contributed by atoms with E-state index in [0.717, 1.165) is 10.0 Å². The Morgan fingerprint density at radius 1 is 1.19 bits per heavy atom. The van der Waals surface area contributed by atoms with Gasteiger partial charge >= 0.3 is 12.0 Å². The van der Waals surface area contributed by atoms with Gasteiger partial charge in [-0.25, -0.2) is 14.6 Å². The summed E-state index contributed by atoms with van der Waals surface area (Å²) in [5.74, 6) is -1.12. The van der Waals surface area contributed by atoms with Crippen LogP contribution in [0.5, 0.6) is 0 Å². The van der Waals surface area contributed by atoms with Crippen LogP contribution in [0, 0.1) is 6.92 Å². The number of nitrogens with one attached hydrogen (secondary N) is 2. The topological polar surface area (TPSA) is 91.3 Å². The molecule has 2 rings (SSSR count). The first-order valence-corrected chi connectivity index (χ1v) is 6.79. The molecule has 6 nitrogen and oxygen atoms in total. The molecule has 0 spiro atoms. The van der Waals surface area contributed by atoms with Gasteiger partial charge in [0, 0.05) is 4.47 Å². The van der Waals surface area contributed by atoms with Crippen LogP contribution in [0.2, 0.25) is 0 Å². The third-order valence-corrected chi connectivity index (χ3v) is 3.73. The number of aromatic carboxylic acids is 1. The van der Waals surface area contributed by atoms with Crippen molar-refractivity contribution in [1.29, 1.82) is 0 Å². The van der Waals surface area contributed by atoms with Gasteiger partial charge in [-0.1, -0.05) is 12.1 Å². The van der Waals surface area contributed by atoms with Gasteiger partial charge in [0.1, 0.15) is 5.69 Å². The van der Waals surface area contributed by atoms with E-state index in [4.69, 9.17) is 5.11 Å². The number of halogens is 1. The quantitative estimate of drug-likeness (QED) is 0.790. The number of aryl methyl sites for hydroxylation is 1. The molecular formula is C14H12BrN3O3. The second-order valence-corrected chi connectivity index (χ2v) is 5.05. The molecule has 2 amide bonds. The zero-order valence-corrected chi connectivity index (χ0v) is 12.6. The van der Waals surface area contributed by atoms with E-state index in [1.165, 1.54) is 18.3 Å². The Morgan fingerprint density at radius 2 is 1.95 bits per heavy atom. The summed E-state index contributed by atoms with van der Waals surface area (Å²) in [5, 5.41) is 14.0. The van der Waals surface area contributed by atoms with Crippen molar-refractivity contribution in [3.63, 3.8) is 0 Å². The van der Waals surface area contributed by atoms with Crippen LogP contribution < -0.4 is 10.6 Å². The van der Waals surface area contributed by atoms with Crippen molar-refractivity contribution < 1.29 is 14.7 Å². The van der Waals surface area contributed by atoms with Crippen LogP contribution in [0.3, 0.4) is 0 Å². The van der Waals surface area contributed by atoms with Gasteiger partial charge in [0.2, 0.25) is 0 Å². The van der Waals surface area contributed by atoms with E-state index in [0.29, 0.717) is 11.4 Å². The van der Waals surface area contributed by atoms with E-state index < -0.39 is 12.0 Å². The second kappa shape index (κ2) is 6.36. The summed E-state index contributed by atoms with van der Waals surface area (Å²) in [6.07, 6.45) is 1.29. The maximum absolute atomic E-state index is 11.9. The van der Waals surface area contributed by atoms with E-state index in [-0.39, 0.29) is 5.69 Å². The first-order chi connectivity index (χ1) is 9.97. The molecule has 0 radical (unpaired) electrons. The highest BCUT2D eigenvalue weighted by Gasteiger charge is 2.08. The molecule has 0 aliphatic heterocycles. The molecule has 1 aromatic carbocycles.